The molecule has 20 nitrogen and oxygen atoms in total. The first-order chi connectivity index (χ1) is 64.0. The molecule has 24 atom stereocenters. The number of allylic oxidation sites excluding steroid dienone is 3. The summed E-state index contributed by atoms with van der Waals surface area (Å²) >= 11 is 5.51. The molecule has 9 fully saturated rings. The molecule has 0 heterocycles. The zero-order valence-corrected chi connectivity index (χ0v) is 90.2. The first kappa shape index (κ1) is 115. The Morgan fingerprint density at radius 3 is 0.933 bits per heavy atom. The van der Waals surface area contributed by atoms with Gasteiger partial charge in [-0.15, -0.1) is 0 Å². The lowest BCUT2D eigenvalue weighted by Crippen LogP contribution is -2.51. The number of nitrogens with two attached hydrogens (primary N) is 2. The lowest BCUT2D eigenvalue weighted by atomic mass is 9.47. The summed E-state index contributed by atoms with van der Waals surface area (Å²) in [7, 11) is 0. The molecule has 12 rings (SSSR count). The number of ether oxygens (including phenoxy) is 11. The van der Waals surface area contributed by atoms with E-state index in [4.69, 9.17) is 75.2 Å². The Bertz CT molecular complexity index is 3670. The maximum absolute atomic E-state index is 12.7. The van der Waals surface area contributed by atoms with Crippen LogP contribution in [0.25, 0.3) is 0 Å². The molecule has 0 saturated heterocycles. The summed E-state index contributed by atoms with van der Waals surface area (Å²) < 4.78 is 59.9. The molecule has 0 spiro atoms. The minimum absolute atomic E-state index is 0.0124. The van der Waals surface area contributed by atoms with Crippen LogP contribution in [0, 0.1) is 139 Å². The Morgan fingerprint density at radius 1 is 0.363 bits per heavy atom. The van der Waals surface area contributed by atoms with Gasteiger partial charge in [0.05, 0.1) is 66.1 Å². The normalized spacial score (nSPS) is 33.3. The van der Waals surface area contributed by atoms with Crippen LogP contribution in [0.15, 0.2) is 34.9 Å². The van der Waals surface area contributed by atoms with E-state index >= 15 is 0 Å². The number of hydrogen-bond donors (Lipinski definition) is 4. The van der Waals surface area contributed by atoms with E-state index in [1.807, 2.05) is 41.5 Å². The number of hydrogen-bond acceptors (Lipinski definition) is 18. The summed E-state index contributed by atoms with van der Waals surface area (Å²) in [6.07, 6.45) is 51.6. The number of carbonyl (C=O) groups excluding carboxylic acids is 5. The first-order valence-electron chi connectivity index (χ1n) is 55.2. The highest BCUT2D eigenvalue weighted by Crippen LogP contribution is 2.71. The zero-order chi connectivity index (χ0) is 98.5. The van der Waals surface area contributed by atoms with E-state index in [1.165, 1.54) is 161 Å². The third kappa shape index (κ3) is 32.8. The van der Waals surface area contributed by atoms with Crippen molar-refractivity contribution in [3.8, 4) is 0 Å². The van der Waals surface area contributed by atoms with E-state index in [0.29, 0.717) is 158 Å². The number of rotatable bonds is 45. The minimum atomic E-state index is -0.643. The van der Waals surface area contributed by atoms with Gasteiger partial charge in [-0.3, -0.25) is 9.59 Å². The van der Waals surface area contributed by atoms with Gasteiger partial charge in [-0.2, -0.15) is 0 Å². The summed E-state index contributed by atoms with van der Waals surface area (Å²) in [5, 5.41) is 5.26. The van der Waals surface area contributed by atoms with E-state index in [1.54, 1.807) is 16.7 Å². The first-order valence-corrected chi connectivity index (χ1v) is 55.5. The molecule has 6 N–H and O–H groups in total. The lowest BCUT2D eigenvalue weighted by molar-refractivity contribution is -0.152. The molecule has 0 unspecified atom stereocenters. The average molecular weight is 1920 g/mol. The van der Waals surface area contributed by atoms with Crippen LogP contribution >= 0.6 is 11.6 Å². The second kappa shape index (κ2) is 54.2. The summed E-state index contributed by atoms with van der Waals surface area (Å²) in [4.78, 5) is 59.3. The summed E-state index contributed by atoms with van der Waals surface area (Å²) in [5.74, 6) is 15.2. The number of amides is 2. The van der Waals surface area contributed by atoms with Crippen molar-refractivity contribution < 1.29 is 76.1 Å². The molecule has 12 aliphatic rings. The molecule has 0 aliphatic heterocycles. The summed E-state index contributed by atoms with van der Waals surface area (Å²) in [6, 6.07) is 0. The van der Waals surface area contributed by atoms with Crippen molar-refractivity contribution >= 4 is 41.2 Å². The Balaban J connectivity index is 0.000000212. The van der Waals surface area contributed by atoms with Crippen LogP contribution in [-0.4, -0.2) is 165 Å². The van der Waals surface area contributed by atoms with Gasteiger partial charge in [-0.25, -0.2) is 14.4 Å². The fraction of sp³-hybridized carbons (Fsp3) is 0.904. The number of carbonyl (C=O) groups is 5. The highest BCUT2D eigenvalue weighted by atomic mass is 35.5. The Kier molecular flexibility index (Phi) is 46.0. The summed E-state index contributed by atoms with van der Waals surface area (Å²) in [6.45, 7) is 56.3. The number of halogens is 1. The van der Waals surface area contributed by atoms with Crippen molar-refractivity contribution in [3.05, 3.63) is 34.9 Å². The zero-order valence-electron chi connectivity index (χ0n) is 89.4. The van der Waals surface area contributed by atoms with Gasteiger partial charge < -0.3 is 74.2 Å². The van der Waals surface area contributed by atoms with E-state index in [-0.39, 0.29) is 35.7 Å². The van der Waals surface area contributed by atoms with Gasteiger partial charge in [0, 0.05) is 83.1 Å². The van der Waals surface area contributed by atoms with Crippen LogP contribution in [0.3, 0.4) is 0 Å². The molecule has 0 aromatic carbocycles. The Hall–Kier alpha value is -3.86. The molecular weight excluding hydrogens is 1720 g/mol. The second-order valence-electron chi connectivity index (χ2n) is 49.1. The van der Waals surface area contributed by atoms with Crippen molar-refractivity contribution in [2.24, 2.45) is 150 Å². The molecule has 21 heteroatoms. The van der Waals surface area contributed by atoms with Gasteiger partial charge >= 0.3 is 29.6 Å². The van der Waals surface area contributed by atoms with Gasteiger partial charge in [-0.1, -0.05) is 197 Å². The highest BCUT2D eigenvalue weighted by Gasteiger charge is 2.63. The van der Waals surface area contributed by atoms with Crippen LogP contribution in [0.1, 0.15) is 383 Å². The van der Waals surface area contributed by atoms with Crippen molar-refractivity contribution in [2.75, 3.05) is 105 Å². The van der Waals surface area contributed by atoms with Gasteiger partial charge in [0.2, 0.25) is 0 Å². The molecule has 0 radical (unpaired) electrons. The smallest absolute Gasteiger partial charge is 0.407 e. The van der Waals surface area contributed by atoms with Crippen LogP contribution in [-0.2, 0) is 61.7 Å². The maximum Gasteiger partial charge on any atom is 0.407 e. The Labute approximate surface area is 826 Å². The highest BCUT2D eigenvalue weighted by molar-refractivity contribution is 6.61. The van der Waals surface area contributed by atoms with Crippen molar-refractivity contribution in [1.82, 2.24) is 10.6 Å². The largest absolute Gasteiger partial charge is 0.462 e. The number of esters is 2. The van der Waals surface area contributed by atoms with Crippen LogP contribution in [0.5, 0.6) is 0 Å². The van der Waals surface area contributed by atoms with E-state index in [2.05, 4.69) is 133 Å². The van der Waals surface area contributed by atoms with Crippen LogP contribution < -0.4 is 22.1 Å². The molecule has 0 aromatic rings. The quantitative estimate of drug-likeness (QED) is 0.0145. The lowest BCUT2D eigenvalue weighted by Gasteiger charge is -2.58. The average Bonchev–Trinajstić information content (AvgIpc) is 1.67. The van der Waals surface area contributed by atoms with Crippen molar-refractivity contribution in [3.63, 3.8) is 0 Å². The Morgan fingerprint density at radius 2 is 0.652 bits per heavy atom. The molecule has 0 bridgehead atoms. The molecular formula is C114H199ClN4O16. The topological polar surface area (TPSA) is 263 Å². The predicted octanol–water partition coefficient (Wildman–Crippen LogP) is 26.3. The van der Waals surface area contributed by atoms with Gasteiger partial charge in [0.1, 0.15) is 29.5 Å². The second-order valence-corrected chi connectivity index (χ2v) is 49.4. The minimum Gasteiger partial charge on any atom is -0.462 e. The third-order valence-corrected chi connectivity index (χ3v) is 36.5. The van der Waals surface area contributed by atoms with Gasteiger partial charge in [-0.05, 0) is 328 Å². The van der Waals surface area contributed by atoms with E-state index < -0.39 is 28.8 Å². The maximum atomic E-state index is 12.7. The molecule has 2 amide bonds. The SMILES string of the molecule is CC(C)(C)OC(=O)NCCOCCOCCN.CC(C)CCC[C@@H](C)[C@@H]1CC[C@@H]2[C@@H]3CC=C4C[C@@H](OC(=O)CCCOCCOCCN)CC[C@]4(C)[C@@H]3CC[C@@]21C.CC(C)CCC[C@@H](C)[C@@H]1CC[C@@H]2[C@@H]3CC=C4C[C@@H](OC(=O)CCCOCCOCCNC(=O)OC(C)(C)C)CC[C@]4(C)[C@@H]3CC[C@@]21C.CC(C)CCC[C@@H](C)[C@@H]1CC[C@@H]2[C@@H]3CC=C4C[C@@H](OC(=O)Cl)CC[C@]4(C)[C@@H]3CC[C@@]21C. The fourth-order valence-corrected chi connectivity index (χ4v) is 29.9. The van der Waals surface area contributed by atoms with Crippen LogP contribution in [0.4, 0.5) is 14.4 Å². The van der Waals surface area contributed by atoms with Gasteiger partial charge in [0.15, 0.2) is 0 Å². The number of fused-ring (bicyclic) bond motifs is 15. The van der Waals surface area contributed by atoms with E-state index in [9.17, 15) is 24.0 Å². The fourth-order valence-electron chi connectivity index (χ4n) is 29.7. The molecule has 9 saturated carbocycles. The van der Waals surface area contributed by atoms with Crippen molar-refractivity contribution in [2.45, 2.75) is 412 Å². The van der Waals surface area contributed by atoms with Gasteiger partial charge in [0.25, 0.3) is 0 Å². The molecule has 778 valence electrons. The van der Waals surface area contributed by atoms with E-state index in [0.717, 1.165) is 158 Å². The molecule has 12 aliphatic carbocycles. The summed E-state index contributed by atoms with van der Waals surface area (Å²) in [5.41, 5.74) is 16.2. The predicted molar refractivity (Wildman–Crippen MR) is 545 cm³/mol. The molecule has 0 aromatic heterocycles. The third-order valence-electron chi connectivity index (χ3n) is 36.4. The molecule has 135 heavy (non-hydrogen) atoms. The number of nitrogens with one attached hydrogen (secondary N) is 2. The monoisotopic (exact) mass is 1920 g/mol. The van der Waals surface area contributed by atoms with Crippen LogP contribution in [0.2, 0.25) is 0 Å². The number of alkyl carbamates (subject to hydrolysis) is 2. The van der Waals surface area contributed by atoms with Crippen molar-refractivity contribution in [1.29, 1.82) is 0 Å². The standard InChI is InChI=1S/C40H69NO6.C35H61NO4.C28H45ClO2.C11H24N2O4/c1-28(2)11-9-12-29(3)33-16-17-34-32-15-14-30-27-31(18-20-39(30,7)35(32)19-21-40(33,34)8)46-36(42)13-10-23-44-25-26-45-24-22-41-37(43)47-38(4,5)6;1-25(2)8-6-9-26(3)30-13-14-31-29-12-11-27-24-28(15-17-34(27,4)32(29)16-18-35(30,31)5)40-33(37)10-7-20-38-22-23-39-21-19-36;1-18(2)7-6-8-19(3)23-11-12-24-22-10-9-20-17-21(31-26(29)30)13-15-27(20,4)25(22)14-16-28(23,24)5;1-11(2,3)17-10(14)13-5-7-16-9-8-15-6-4-12/h14,28-29,31-35H,9-13,15-27H2,1-8H3,(H,41,43);11,25-26,28-32H,6-10,12-24,36H2,1-5H3;9,18-19,21-25H,6-8,10-17H2,1-5H3;4-9,12H2,1-3H3,(H,13,14)/t29-,31+,32+,33+,34-,35-,39+,40-;26-,28+,29+,30+,31-,32-,34+,35-;19-,21+,22+,23+,24-,25-,27+,28-;/m111./s1.